The number of ether oxygens (including phenoxy) is 1. The average molecular weight is 399 g/mol. The van der Waals surface area contributed by atoms with Crippen LogP contribution in [0.3, 0.4) is 0 Å². The van der Waals surface area contributed by atoms with Crippen molar-refractivity contribution in [3.63, 3.8) is 0 Å². The second-order valence-corrected chi connectivity index (χ2v) is 6.75. The van der Waals surface area contributed by atoms with E-state index < -0.39 is 0 Å². The molecular weight excluding hydrogens is 375 g/mol. The molecule has 0 spiro atoms. The number of nitrogens with zero attached hydrogens (tertiary/aromatic N) is 3. The van der Waals surface area contributed by atoms with Crippen molar-refractivity contribution in [3.05, 3.63) is 78.6 Å². The summed E-state index contributed by atoms with van der Waals surface area (Å²) in [6.07, 6.45) is 6.41. The Kier molecular flexibility index (Phi) is 6.97. The highest BCUT2D eigenvalue weighted by atomic mass is 32.1. The Morgan fingerprint density at radius 1 is 1.25 bits per heavy atom. The van der Waals surface area contributed by atoms with Crippen molar-refractivity contribution in [2.45, 2.75) is 19.5 Å². The Bertz CT molecular complexity index is 884. The average Bonchev–Trinajstić information content (AvgIpc) is 3.22. The third-order valence-corrected chi connectivity index (χ3v) is 4.66. The lowest BCUT2D eigenvalue weighted by Gasteiger charge is -2.26. The van der Waals surface area contributed by atoms with Crippen LogP contribution in [0.1, 0.15) is 12.0 Å². The lowest BCUT2D eigenvalue weighted by molar-refractivity contribution is 0.395. The number of benzene rings is 2. The van der Waals surface area contributed by atoms with Crippen molar-refractivity contribution in [1.29, 1.82) is 0 Å². The molecule has 1 N–H and O–H groups in total. The normalized spacial score (nSPS) is 10.5. The lowest BCUT2D eigenvalue weighted by Crippen LogP contribution is -2.35. The van der Waals surface area contributed by atoms with E-state index in [1.165, 1.54) is 12.1 Å². The molecule has 0 bridgehead atoms. The summed E-state index contributed by atoms with van der Waals surface area (Å²) in [7, 11) is 1.63. The third kappa shape index (κ3) is 5.79. The minimum absolute atomic E-state index is 0.243. The Labute approximate surface area is 169 Å². The molecule has 0 aliphatic carbocycles. The van der Waals surface area contributed by atoms with Crippen LogP contribution >= 0.6 is 12.2 Å². The maximum absolute atomic E-state index is 13.2. The van der Waals surface area contributed by atoms with Gasteiger partial charge in [0, 0.05) is 43.8 Å². The van der Waals surface area contributed by atoms with E-state index in [9.17, 15) is 4.39 Å². The molecule has 0 amide bonds. The number of hydrogen-bond acceptors (Lipinski definition) is 3. The highest BCUT2D eigenvalue weighted by Crippen LogP contribution is 2.18. The van der Waals surface area contributed by atoms with Gasteiger partial charge in [-0.1, -0.05) is 18.2 Å². The zero-order valence-electron chi connectivity index (χ0n) is 15.7. The highest BCUT2D eigenvalue weighted by molar-refractivity contribution is 7.80. The van der Waals surface area contributed by atoms with E-state index in [4.69, 9.17) is 17.0 Å². The quantitative estimate of drug-likeness (QED) is 0.573. The van der Waals surface area contributed by atoms with Gasteiger partial charge in [-0.15, -0.1) is 0 Å². The van der Waals surface area contributed by atoms with E-state index in [-0.39, 0.29) is 5.82 Å². The fraction of sp³-hybridized carbons (Fsp3) is 0.238. The predicted octanol–water partition coefficient (Wildman–Crippen LogP) is 4.32. The van der Waals surface area contributed by atoms with Gasteiger partial charge in [0.15, 0.2) is 5.11 Å². The first-order valence-corrected chi connectivity index (χ1v) is 9.45. The summed E-state index contributed by atoms with van der Waals surface area (Å²) in [5.74, 6) is 0.519. The fourth-order valence-electron chi connectivity index (χ4n) is 2.83. The molecule has 3 aromatic rings. The van der Waals surface area contributed by atoms with Crippen molar-refractivity contribution < 1.29 is 9.13 Å². The fourth-order valence-corrected chi connectivity index (χ4v) is 3.10. The molecule has 1 heterocycles. The maximum Gasteiger partial charge on any atom is 0.173 e. The number of halogens is 1. The minimum atomic E-state index is -0.243. The third-order valence-electron chi connectivity index (χ3n) is 4.30. The number of hydrogen-bond donors (Lipinski definition) is 1. The molecule has 5 nitrogen and oxygen atoms in total. The smallest absolute Gasteiger partial charge is 0.173 e. The molecule has 0 aliphatic heterocycles. The molecule has 146 valence electrons. The molecule has 28 heavy (non-hydrogen) atoms. The van der Waals surface area contributed by atoms with E-state index in [1.807, 2.05) is 35.0 Å². The molecule has 0 atom stereocenters. The van der Waals surface area contributed by atoms with Gasteiger partial charge in [0.1, 0.15) is 11.6 Å². The Morgan fingerprint density at radius 2 is 2.07 bits per heavy atom. The highest BCUT2D eigenvalue weighted by Gasteiger charge is 2.11. The topological polar surface area (TPSA) is 42.3 Å². The molecule has 7 heteroatoms. The van der Waals surface area contributed by atoms with Crippen molar-refractivity contribution in [1.82, 2.24) is 14.5 Å². The number of anilines is 1. The van der Waals surface area contributed by atoms with Gasteiger partial charge in [-0.3, -0.25) is 0 Å². The van der Waals surface area contributed by atoms with Crippen LogP contribution in [0.4, 0.5) is 10.1 Å². The number of thiocarbonyl (C=S) groups is 1. The summed E-state index contributed by atoms with van der Waals surface area (Å²) in [5.41, 5.74) is 1.86. The van der Waals surface area contributed by atoms with Crippen LogP contribution in [0, 0.1) is 5.82 Å². The second kappa shape index (κ2) is 9.85. The molecule has 2 aromatic carbocycles. The van der Waals surface area contributed by atoms with Gasteiger partial charge < -0.3 is 19.5 Å². The van der Waals surface area contributed by atoms with Gasteiger partial charge in [0.05, 0.1) is 13.4 Å². The predicted molar refractivity (Wildman–Crippen MR) is 113 cm³/mol. The number of imidazole rings is 1. The molecular formula is C21H23FN4OS. The van der Waals surface area contributed by atoms with E-state index in [2.05, 4.69) is 15.2 Å². The molecule has 0 fully saturated rings. The Morgan fingerprint density at radius 3 is 2.79 bits per heavy atom. The van der Waals surface area contributed by atoms with E-state index in [0.29, 0.717) is 11.7 Å². The largest absolute Gasteiger partial charge is 0.497 e. The van der Waals surface area contributed by atoms with Crippen LogP contribution in [-0.2, 0) is 13.1 Å². The van der Waals surface area contributed by atoms with E-state index >= 15 is 0 Å². The Hall–Kier alpha value is -2.93. The van der Waals surface area contributed by atoms with Crippen LogP contribution in [-0.4, -0.2) is 33.2 Å². The summed E-state index contributed by atoms with van der Waals surface area (Å²) in [4.78, 5) is 6.15. The summed E-state index contributed by atoms with van der Waals surface area (Å²) >= 11 is 5.66. The molecule has 0 unspecified atom stereocenters. The van der Waals surface area contributed by atoms with Crippen molar-refractivity contribution in [3.8, 4) is 5.75 Å². The van der Waals surface area contributed by atoms with Crippen LogP contribution in [0.2, 0.25) is 0 Å². The second-order valence-electron chi connectivity index (χ2n) is 6.36. The molecule has 1 aromatic heterocycles. The number of nitrogens with one attached hydrogen (secondary N) is 1. The number of methoxy groups -OCH3 is 1. The Balaban J connectivity index is 1.67. The van der Waals surface area contributed by atoms with Crippen LogP contribution in [0.25, 0.3) is 0 Å². The molecule has 3 rings (SSSR count). The minimum Gasteiger partial charge on any atom is -0.497 e. The summed E-state index contributed by atoms with van der Waals surface area (Å²) in [5, 5.41) is 3.89. The molecule has 0 saturated heterocycles. The van der Waals surface area contributed by atoms with Gasteiger partial charge >= 0.3 is 0 Å². The zero-order chi connectivity index (χ0) is 19.8. The van der Waals surface area contributed by atoms with E-state index in [0.717, 1.165) is 36.5 Å². The SMILES string of the molecule is COc1cccc(NC(=S)N(CCCn2ccnc2)Cc2ccc(F)cc2)c1. The standard InChI is InChI=1S/C21H23FN4OS/c1-27-20-5-2-4-19(14-20)24-21(28)26(12-3-11-25-13-10-23-16-25)15-17-6-8-18(22)9-7-17/h2,4-10,13-14,16H,3,11-12,15H2,1H3,(H,24,28). The maximum atomic E-state index is 13.2. The van der Waals surface area contributed by atoms with Crippen LogP contribution in [0.5, 0.6) is 5.75 Å². The van der Waals surface area contributed by atoms with Gasteiger partial charge in [-0.05, 0) is 48.5 Å². The summed E-state index contributed by atoms with van der Waals surface area (Å²) < 4.78 is 20.5. The van der Waals surface area contributed by atoms with Crippen molar-refractivity contribution in [2.24, 2.45) is 0 Å². The molecule has 0 aliphatic rings. The van der Waals surface area contributed by atoms with Crippen LogP contribution < -0.4 is 10.1 Å². The summed E-state index contributed by atoms with van der Waals surface area (Å²) in [6, 6.07) is 14.1. The lowest BCUT2D eigenvalue weighted by atomic mass is 10.2. The van der Waals surface area contributed by atoms with Gasteiger partial charge in [-0.2, -0.15) is 0 Å². The van der Waals surface area contributed by atoms with E-state index in [1.54, 1.807) is 31.8 Å². The molecule has 0 radical (unpaired) electrons. The first kappa shape index (κ1) is 19.8. The zero-order valence-corrected chi connectivity index (χ0v) is 16.5. The molecule has 0 saturated carbocycles. The van der Waals surface area contributed by atoms with Crippen LogP contribution in [0.15, 0.2) is 67.3 Å². The number of aromatic nitrogens is 2. The number of rotatable bonds is 8. The number of aryl methyl sites for hydroxylation is 1. The van der Waals surface area contributed by atoms with Crippen molar-refractivity contribution in [2.75, 3.05) is 19.0 Å². The summed E-state index contributed by atoms with van der Waals surface area (Å²) in [6.45, 7) is 2.20. The monoisotopic (exact) mass is 398 g/mol. The van der Waals surface area contributed by atoms with Gasteiger partial charge in [-0.25, -0.2) is 9.37 Å². The van der Waals surface area contributed by atoms with Crippen molar-refractivity contribution >= 4 is 23.0 Å². The first-order valence-electron chi connectivity index (χ1n) is 9.04. The van der Waals surface area contributed by atoms with Gasteiger partial charge in [0.2, 0.25) is 0 Å². The van der Waals surface area contributed by atoms with Gasteiger partial charge in [0.25, 0.3) is 0 Å². The first-order chi connectivity index (χ1) is 13.6.